The number of aryl methyl sites for hydroxylation is 1. The van der Waals surface area contributed by atoms with Gasteiger partial charge in [-0.15, -0.1) is 0 Å². The fourth-order valence-corrected chi connectivity index (χ4v) is 2.60. The molecule has 0 aromatic heterocycles. The van der Waals surface area contributed by atoms with Crippen molar-refractivity contribution < 1.29 is 14.6 Å². The summed E-state index contributed by atoms with van der Waals surface area (Å²) in [5.74, 6) is 0.491. The molecule has 1 aliphatic rings. The molecule has 0 amide bonds. The van der Waals surface area contributed by atoms with Crippen LogP contribution in [-0.2, 0) is 11.2 Å². The molecular weight excluding hydrogens is 228 g/mol. The van der Waals surface area contributed by atoms with Crippen LogP contribution in [0.25, 0.3) is 0 Å². The topological polar surface area (TPSA) is 46.5 Å². The average Bonchev–Trinajstić information content (AvgIpc) is 2.76. The lowest BCUT2D eigenvalue weighted by molar-refractivity contribution is -0.138. The number of ether oxygens (including phenoxy) is 1. The number of hydrogen-bond acceptors (Lipinski definition) is 2. The number of carbonyl (C=O) groups is 1. The van der Waals surface area contributed by atoms with Crippen LogP contribution < -0.4 is 4.74 Å². The third kappa shape index (κ3) is 3.49. The summed E-state index contributed by atoms with van der Waals surface area (Å²) in [7, 11) is 0. The van der Waals surface area contributed by atoms with Crippen molar-refractivity contribution in [2.45, 2.75) is 45.1 Å². The molecule has 0 heterocycles. The van der Waals surface area contributed by atoms with Crippen LogP contribution in [0.5, 0.6) is 5.75 Å². The van der Waals surface area contributed by atoms with Crippen molar-refractivity contribution in [3.8, 4) is 5.75 Å². The maximum Gasteiger partial charge on any atom is 0.303 e. The maximum absolute atomic E-state index is 10.7. The van der Waals surface area contributed by atoms with E-state index in [0.29, 0.717) is 0 Å². The molecule has 98 valence electrons. The number of aliphatic carboxylic acids is 1. The molecule has 1 aromatic carbocycles. The summed E-state index contributed by atoms with van der Waals surface area (Å²) in [5, 5.41) is 8.78. The standard InChI is InChI=1S/C15H20O3/c1-2-11-4-3-5-13(8-11)18-14-7-6-12(9-14)10-15(16)17/h3-5,8,12,14H,2,6-7,9-10H2,1H3,(H,16,17). The van der Waals surface area contributed by atoms with Crippen LogP contribution in [0.3, 0.4) is 0 Å². The average molecular weight is 248 g/mol. The van der Waals surface area contributed by atoms with E-state index >= 15 is 0 Å². The molecule has 2 rings (SSSR count). The molecular formula is C15H20O3. The quantitative estimate of drug-likeness (QED) is 0.869. The summed E-state index contributed by atoms with van der Waals surface area (Å²) >= 11 is 0. The van der Waals surface area contributed by atoms with E-state index in [2.05, 4.69) is 19.1 Å². The molecule has 0 saturated heterocycles. The molecule has 18 heavy (non-hydrogen) atoms. The van der Waals surface area contributed by atoms with Gasteiger partial charge in [-0.25, -0.2) is 0 Å². The zero-order valence-electron chi connectivity index (χ0n) is 10.8. The van der Waals surface area contributed by atoms with E-state index in [9.17, 15) is 4.79 Å². The highest BCUT2D eigenvalue weighted by Crippen LogP contribution is 2.31. The maximum atomic E-state index is 10.7. The van der Waals surface area contributed by atoms with E-state index < -0.39 is 5.97 Å². The lowest BCUT2D eigenvalue weighted by atomic mass is 10.0. The van der Waals surface area contributed by atoms with Gasteiger partial charge in [-0.1, -0.05) is 19.1 Å². The lowest BCUT2D eigenvalue weighted by Crippen LogP contribution is -2.13. The highest BCUT2D eigenvalue weighted by molar-refractivity contribution is 5.67. The summed E-state index contributed by atoms with van der Waals surface area (Å²) < 4.78 is 5.94. The predicted octanol–water partition coefficient (Wildman–Crippen LogP) is 3.27. The van der Waals surface area contributed by atoms with E-state index in [1.165, 1.54) is 5.56 Å². The summed E-state index contributed by atoms with van der Waals surface area (Å²) in [5.41, 5.74) is 1.27. The van der Waals surface area contributed by atoms with E-state index in [1.54, 1.807) is 0 Å². The lowest BCUT2D eigenvalue weighted by Gasteiger charge is -2.14. The molecule has 0 bridgehead atoms. The number of carboxylic acid groups (broad SMARTS) is 1. The first-order chi connectivity index (χ1) is 8.67. The normalized spacial score (nSPS) is 22.9. The van der Waals surface area contributed by atoms with E-state index in [0.717, 1.165) is 31.4 Å². The second-order valence-electron chi connectivity index (χ2n) is 5.02. The van der Waals surface area contributed by atoms with Gasteiger partial charge in [-0.05, 0) is 49.3 Å². The molecule has 1 fully saturated rings. The van der Waals surface area contributed by atoms with Crippen LogP contribution in [0.2, 0.25) is 0 Å². The summed E-state index contributed by atoms with van der Waals surface area (Å²) in [6.07, 6.45) is 4.25. The van der Waals surface area contributed by atoms with E-state index in [4.69, 9.17) is 9.84 Å². The van der Waals surface area contributed by atoms with Crippen molar-refractivity contribution >= 4 is 5.97 Å². The van der Waals surface area contributed by atoms with Crippen molar-refractivity contribution in [3.05, 3.63) is 29.8 Å². The van der Waals surface area contributed by atoms with Crippen molar-refractivity contribution in [1.82, 2.24) is 0 Å². The summed E-state index contributed by atoms with van der Waals surface area (Å²) in [4.78, 5) is 10.7. The SMILES string of the molecule is CCc1cccc(OC2CCC(CC(=O)O)C2)c1. The fourth-order valence-electron chi connectivity index (χ4n) is 2.60. The van der Waals surface area contributed by atoms with Gasteiger partial charge in [-0.2, -0.15) is 0 Å². The van der Waals surface area contributed by atoms with E-state index in [-0.39, 0.29) is 18.4 Å². The van der Waals surface area contributed by atoms with Gasteiger partial charge in [0.1, 0.15) is 5.75 Å². The Labute approximate surface area is 108 Å². The van der Waals surface area contributed by atoms with Crippen molar-refractivity contribution in [2.24, 2.45) is 5.92 Å². The molecule has 1 saturated carbocycles. The monoisotopic (exact) mass is 248 g/mol. The van der Waals surface area contributed by atoms with Crippen molar-refractivity contribution in [3.63, 3.8) is 0 Å². The van der Waals surface area contributed by atoms with Gasteiger partial charge < -0.3 is 9.84 Å². The van der Waals surface area contributed by atoms with Crippen LogP contribution in [0.15, 0.2) is 24.3 Å². The molecule has 2 unspecified atom stereocenters. The van der Waals surface area contributed by atoms with Gasteiger partial charge in [0.15, 0.2) is 0 Å². The number of hydrogen-bond donors (Lipinski definition) is 1. The largest absolute Gasteiger partial charge is 0.490 e. The highest BCUT2D eigenvalue weighted by Gasteiger charge is 2.27. The Morgan fingerprint density at radius 2 is 2.28 bits per heavy atom. The predicted molar refractivity (Wildman–Crippen MR) is 69.8 cm³/mol. The molecule has 1 aromatic rings. The zero-order valence-corrected chi connectivity index (χ0v) is 10.8. The minimum atomic E-state index is -0.700. The van der Waals surface area contributed by atoms with Crippen LogP contribution in [-0.4, -0.2) is 17.2 Å². The van der Waals surface area contributed by atoms with E-state index in [1.807, 2.05) is 12.1 Å². The van der Waals surface area contributed by atoms with Gasteiger partial charge >= 0.3 is 5.97 Å². The smallest absolute Gasteiger partial charge is 0.303 e. The van der Waals surface area contributed by atoms with Crippen LogP contribution in [0, 0.1) is 5.92 Å². The molecule has 0 radical (unpaired) electrons. The minimum absolute atomic E-state index is 0.182. The third-order valence-corrected chi connectivity index (χ3v) is 3.57. The fraction of sp³-hybridized carbons (Fsp3) is 0.533. The summed E-state index contributed by atoms with van der Waals surface area (Å²) in [6.45, 7) is 2.12. The van der Waals surface area contributed by atoms with Gasteiger partial charge in [-0.3, -0.25) is 4.79 Å². The Kier molecular flexibility index (Phi) is 4.24. The zero-order chi connectivity index (χ0) is 13.0. The first-order valence-corrected chi connectivity index (χ1v) is 6.64. The molecule has 3 nitrogen and oxygen atoms in total. The first kappa shape index (κ1) is 12.9. The number of rotatable bonds is 5. The Morgan fingerprint density at radius 1 is 1.44 bits per heavy atom. The first-order valence-electron chi connectivity index (χ1n) is 6.64. The van der Waals surface area contributed by atoms with Crippen LogP contribution in [0.1, 0.15) is 38.2 Å². The van der Waals surface area contributed by atoms with Gasteiger partial charge in [0.05, 0.1) is 6.10 Å². The Morgan fingerprint density at radius 3 is 3.00 bits per heavy atom. The van der Waals surface area contributed by atoms with Gasteiger partial charge in [0, 0.05) is 6.42 Å². The molecule has 3 heteroatoms. The van der Waals surface area contributed by atoms with Crippen molar-refractivity contribution in [1.29, 1.82) is 0 Å². The van der Waals surface area contributed by atoms with Gasteiger partial charge in [0.25, 0.3) is 0 Å². The Hall–Kier alpha value is -1.51. The number of benzene rings is 1. The Balaban J connectivity index is 1.88. The molecule has 0 aliphatic heterocycles. The molecule has 2 atom stereocenters. The second kappa shape index (κ2) is 5.89. The van der Waals surface area contributed by atoms with Crippen LogP contribution >= 0.6 is 0 Å². The van der Waals surface area contributed by atoms with Gasteiger partial charge in [0.2, 0.25) is 0 Å². The third-order valence-electron chi connectivity index (χ3n) is 3.57. The molecule has 0 spiro atoms. The molecule has 1 aliphatic carbocycles. The van der Waals surface area contributed by atoms with Crippen molar-refractivity contribution in [2.75, 3.05) is 0 Å². The summed E-state index contributed by atoms with van der Waals surface area (Å²) in [6, 6.07) is 8.15. The van der Waals surface area contributed by atoms with Crippen LogP contribution in [0.4, 0.5) is 0 Å². The highest BCUT2D eigenvalue weighted by atomic mass is 16.5. The second-order valence-corrected chi connectivity index (χ2v) is 5.02. The minimum Gasteiger partial charge on any atom is -0.490 e. The number of carboxylic acids is 1. The Bertz CT molecular complexity index is 414. The molecule has 1 N–H and O–H groups in total.